The minimum absolute atomic E-state index is 0.574. The van der Waals surface area contributed by atoms with Crippen LogP contribution in [0.15, 0.2) is 6.07 Å². The van der Waals surface area contributed by atoms with Gasteiger partial charge in [-0.1, -0.05) is 13.3 Å². The van der Waals surface area contributed by atoms with Crippen LogP contribution in [0.25, 0.3) is 0 Å². The van der Waals surface area contributed by atoms with Crippen LogP contribution in [0.5, 0.6) is 0 Å². The molecule has 1 aliphatic carbocycles. The Morgan fingerprint density at radius 3 is 2.89 bits per heavy atom. The predicted molar refractivity (Wildman–Crippen MR) is 77.7 cm³/mol. The standard InChI is InChI=1S/C15H24N4/c1-3-13-10-19(8-7-16-13)15-17-11(2)9-14(18-15)12-5-4-6-12/h9,12-13,16H,3-8,10H2,1-2H3. The first-order valence-electron chi connectivity index (χ1n) is 7.60. The monoisotopic (exact) mass is 260 g/mol. The van der Waals surface area contributed by atoms with Gasteiger partial charge in [-0.05, 0) is 32.3 Å². The van der Waals surface area contributed by atoms with E-state index in [9.17, 15) is 0 Å². The predicted octanol–water partition coefficient (Wildman–Crippen LogP) is 2.24. The lowest BCUT2D eigenvalue weighted by atomic mass is 9.83. The van der Waals surface area contributed by atoms with Gasteiger partial charge in [0.1, 0.15) is 0 Å². The summed E-state index contributed by atoms with van der Waals surface area (Å²) in [4.78, 5) is 11.8. The highest BCUT2D eigenvalue weighted by Crippen LogP contribution is 2.35. The maximum atomic E-state index is 4.84. The smallest absolute Gasteiger partial charge is 0.225 e. The molecule has 1 aromatic rings. The number of hydrogen-bond donors (Lipinski definition) is 1. The van der Waals surface area contributed by atoms with Crippen molar-refractivity contribution in [2.75, 3.05) is 24.5 Å². The maximum Gasteiger partial charge on any atom is 0.225 e. The third kappa shape index (κ3) is 2.73. The lowest BCUT2D eigenvalue weighted by Gasteiger charge is -2.34. The maximum absolute atomic E-state index is 4.84. The Morgan fingerprint density at radius 2 is 2.21 bits per heavy atom. The lowest BCUT2D eigenvalue weighted by Crippen LogP contribution is -2.51. The Hall–Kier alpha value is -1.16. The van der Waals surface area contributed by atoms with Crippen LogP contribution in [0.2, 0.25) is 0 Å². The third-order valence-electron chi connectivity index (χ3n) is 4.42. The third-order valence-corrected chi connectivity index (χ3v) is 4.42. The molecule has 2 heterocycles. The van der Waals surface area contributed by atoms with Crippen LogP contribution in [0, 0.1) is 6.92 Å². The highest BCUT2D eigenvalue weighted by molar-refractivity contribution is 5.35. The van der Waals surface area contributed by atoms with Crippen molar-refractivity contribution in [2.24, 2.45) is 0 Å². The van der Waals surface area contributed by atoms with Crippen molar-refractivity contribution in [1.29, 1.82) is 0 Å². The number of anilines is 1. The summed E-state index contributed by atoms with van der Waals surface area (Å²) >= 11 is 0. The van der Waals surface area contributed by atoms with Crippen molar-refractivity contribution in [3.05, 3.63) is 17.5 Å². The number of nitrogens with one attached hydrogen (secondary N) is 1. The summed E-state index contributed by atoms with van der Waals surface area (Å²) in [5.74, 6) is 1.63. The molecule has 1 atom stereocenters. The molecule has 4 nitrogen and oxygen atoms in total. The van der Waals surface area contributed by atoms with Crippen molar-refractivity contribution in [2.45, 2.75) is 51.5 Å². The van der Waals surface area contributed by atoms with Crippen LogP contribution in [-0.2, 0) is 0 Å². The van der Waals surface area contributed by atoms with Crippen LogP contribution in [-0.4, -0.2) is 35.6 Å². The molecular formula is C15H24N4. The molecule has 1 N–H and O–H groups in total. The van der Waals surface area contributed by atoms with Gasteiger partial charge in [-0.15, -0.1) is 0 Å². The van der Waals surface area contributed by atoms with E-state index in [1.165, 1.54) is 25.0 Å². The number of hydrogen-bond acceptors (Lipinski definition) is 4. The Kier molecular flexibility index (Phi) is 3.69. The van der Waals surface area contributed by atoms with E-state index in [-0.39, 0.29) is 0 Å². The Morgan fingerprint density at radius 1 is 1.37 bits per heavy atom. The fourth-order valence-electron chi connectivity index (χ4n) is 2.91. The SMILES string of the molecule is CCC1CN(c2nc(C)cc(C3CCC3)n2)CCN1. The summed E-state index contributed by atoms with van der Waals surface area (Å²) in [5.41, 5.74) is 2.37. The van der Waals surface area contributed by atoms with Crippen molar-refractivity contribution in [3.63, 3.8) is 0 Å². The van der Waals surface area contributed by atoms with Crippen molar-refractivity contribution in [1.82, 2.24) is 15.3 Å². The topological polar surface area (TPSA) is 41.1 Å². The highest BCUT2D eigenvalue weighted by Gasteiger charge is 2.24. The Labute approximate surface area is 115 Å². The first kappa shape index (κ1) is 12.9. The molecule has 1 unspecified atom stereocenters. The molecule has 0 bridgehead atoms. The second-order valence-corrected chi connectivity index (χ2v) is 5.87. The molecule has 1 aliphatic heterocycles. The zero-order chi connectivity index (χ0) is 13.2. The molecule has 3 rings (SSSR count). The van der Waals surface area contributed by atoms with Gasteiger partial charge in [-0.25, -0.2) is 9.97 Å². The van der Waals surface area contributed by atoms with E-state index >= 15 is 0 Å². The fraction of sp³-hybridized carbons (Fsp3) is 0.733. The molecule has 4 heteroatoms. The van der Waals surface area contributed by atoms with Gasteiger partial charge in [0.15, 0.2) is 0 Å². The summed E-state index contributed by atoms with van der Waals surface area (Å²) in [6.07, 6.45) is 5.12. The fourth-order valence-corrected chi connectivity index (χ4v) is 2.91. The van der Waals surface area contributed by atoms with Crippen LogP contribution < -0.4 is 10.2 Å². The van der Waals surface area contributed by atoms with Gasteiger partial charge in [0.2, 0.25) is 5.95 Å². The van der Waals surface area contributed by atoms with E-state index in [1.54, 1.807) is 0 Å². The Balaban J connectivity index is 1.80. The van der Waals surface area contributed by atoms with Gasteiger partial charge in [-0.2, -0.15) is 0 Å². The summed E-state index contributed by atoms with van der Waals surface area (Å²) in [5, 5.41) is 3.55. The first-order valence-corrected chi connectivity index (χ1v) is 7.60. The van der Waals surface area contributed by atoms with E-state index in [4.69, 9.17) is 4.98 Å². The molecule has 0 spiro atoms. The Bertz CT molecular complexity index is 442. The van der Waals surface area contributed by atoms with E-state index in [0.717, 1.165) is 37.7 Å². The number of rotatable bonds is 3. The molecule has 2 fully saturated rings. The van der Waals surface area contributed by atoms with E-state index in [2.05, 4.69) is 35.1 Å². The van der Waals surface area contributed by atoms with Crippen LogP contribution in [0.1, 0.15) is 49.9 Å². The zero-order valence-electron chi connectivity index (χ0n) is 12.0. The highest BCUT2D eigenvalue weighted by atomic mass is 15.3. The molecule has 1 saturated heterocycles. The van der Waals surface area contributed by atoms with Crippen LogP contribution in [0.4, 0.5) is 5.95 Å². The van der Waals surface area contributed by atoms with Gasteiger partial charge in [0.25, 0.3) is 0 Å². The minimum Gasteiger partial charge on any atom is -0.338 e. The minimum atomic E-state index is 0.574. The second-order valence-electron chi connectivity index (χ2n) is 5.87. The average molecular weight is 260 g/mol. The van der Waals surface area contributed by atoms with E-state index < -0.39 is 0 Å². The molecule has 1 aromatic heterocycles. The van der Waals surface area contributed by atoms with E-state index in [0.29, 0.717) is 12.0 Å². The number of piperazine rings is 1. The van der Waals surface area contributed by atoms with Crippen molar-refractivity contribution in [3.8, 4) is 0 Å². The average Bonchev–Trinajstić information content (AvgIpc) is 2.36. The summed E-state index contributed by atoms with van der Waals surface area (Å²) in [6.45, 7) is 7.41. The van der Waals surface area contributed by atoms with Crippen molar-refractivity contribution < 1.29 is 0 Å². The molecule has 1 saturated carbocycles. The quantitative estimate of drug-likeness (QED) is 0.905. The molecule has 2 aliphatic rings. The number of aromatic nitrogens is 2. The zero-order valence-corrected chi connectivity index (χ0v) is 12.0. The van der Waals surface area contributed by atoms with E-state index in [1.807, 2.05) is 0 Å². The van der Waals surface area contributed by atoms with Crippen molar-refractivity contribution >= 4 is 5.95 Å². The first-order chi connectivity index (χ1) is 9.26. The lowest BCUT2D eigenvalue weighted by molar-refractivity contribution is 0.408. The molecule has 0 radical (unpaired) electrons. The summed E-state index contributed by atoms with van der Waals surface area (Å²) in [6, 6.07) is 2.75. The van der Waals surface area contributed by atoms with Gasteiger partial charge in [-0.3, -0.25) is 0 Å². The van der Waals surface area contributed by atoms with Gasteiger partial charge >= 0.3 is 0 Å². The van der Waals surface area contributed by atoms with Gasteiger partial charge in [0.05, 0.1) is 0 Å². The number of nitrogens with zero attached hydrogens (tertiary/aromatic N) is 3. The molecular weight excluding hydrogens is 236 g/mol. The molecule has 0 aromatic carbocycles. The number of aryl methyl sites for hydroxylation is 1. The molecule has 104 valence electrons. The summed E-state index contributed by atoms with van der Waals surface area (Å²) in [7, 11) is 0. The largest absolute Gasteiger partial charge is 0.338 e. The summed E-state index contributed by atoms with van der Waals surface area (Å²) < 4.78 is 0. The van der Waals surface area contributed by atoms with Crippen LogP contribution >= 0.6 is 0 Å². The van der Waals surface area contributed by atoms with Gasteiger partial charge in [0, 0.05) is 43.0 Å². The molecule has 19 heavy (non-hydrogen) atoms. The molecule has 0 amide bonds. The van der Waals surface area contributed by atoms with Crippen LogP contribution in [0.3, 0.4) is 0 Å². The second kappa shape index (κ2) is 5.45. The van der Waals surface area contributed by atoms with Gasteiger partial charge < -0.3 is 10.2 Å². The normalized spacial score (nSPS) is 24.3.